The van der Waals surface area contributed by atoms with Gasteiger partial charge in [0.15, 0.2) is 0 Å². The van der Waals surface area contributed by atoms with Crippen molar-refractivity contribution in [3.8, 4) is 5.75 Å². The topological polar surface area (TPSA) is 50.7 Å². The Morgan fingerprint density at radius 3 is 2.61 bits per heavy atom. The van der Waals surface area contributed by atoms with Crippen LogP contribution < -0.4 is 10.1 Å². The fourth-order valence-electron chi connectivity index (χ4n) is 3.10. The molecule has 2 N–H and O–H groups in total. The van der Waals surface area contributed by atoms with Gasteiger partial charge in [-0.15, -0.1) is 0 Å². The van der Waals surface area contributed by atoms with Crippen LogP contribution >= 0.6 is 0 Å². The van der Waals surface area contributed by atoms with Gasteiger partial charge in [0.2, 0.25) is 0 Å². The first-order valence-electron chi connectivity index (χ1n) is 8.67. The average molecular weight is 321 g/mol. The number of nitrogens with one attached hydrogen (secondary N) is 1. The summed E-state index contributed by atoms with van der Waals surface area (Å²) in [5.74, 6) is 0.894. The normalized spacial score (nSPS) is 28.1. The van der Waals surface area contributed by atoms with E-state index in [-0.39, 0.29) is 11.7 Å². The van der Waals surface area contributed by atoms with E-state index >= 15 is 0 Å². The highest BCUT2D eigenvalue weighted by Crippen LogP contribution is 2.34. The highest BCUT2D eigenvalue weighted by molar-refractivity contribution is 5.27. The van der Waals surface area contributed by atoms with E-state index in [1.54, 1.807) is 0 Å². The predicted molar refractivity (Wildman–Crippen MR) is 92.7 cm³/mol. The summed E-state index contributed by atoms with van der Waals surface area (Å²) in [5.41, 5.74) is 0.309. The van der Waals surface area contributed by atoms with E-state index in [2.05, 4.69) is 31.3 Å². The molecule has 130 valence electrons. The lowest BCUT2D eigenvalue weighted by Crippen LogP contribution is -2.52. The molecule has 1 aromatic rings. The Balaban J connectivity index is 1.82. The molecular weight excluding hydrogens is 290 g/mol. The van der Waals surface area contributed by atoms with Crippen molar-refractivity contribution in [1.82, 2.24) is 5.32 Å². The van der Waals surface area contributed by atoms with E-state index in [4.69, 9.17) is 9.47 Å². The highest BCUT2D eigenvalue weighted by Gasteiger charge is 2.40. The molecule has 1 heterocycles. The van der Waals surface area contributed by atoms with Gasteiger partial charge in [0.1, 0.15) is 5.75 Å². The minimum atomic E-state index is -0.677. The first-order valence-corrected chi connectivity index (χ1v) is 8.67. The zero-order valence-electron chi connectivity index (χ0n) is 14.9. The molecule has 0 spiro atoms. The molecule has 0 aliphatic carbocycles. The second-order valence-electron chi connectivity index (χ2n) is 7.22. The Bertz CT molecular complexity index is 488. The van der Waals surface area contributed by atoms with Crippen molar-refractivity contribution in [2.24, 2.45) is 0 Å². The zero-order chi connectivity index (χ0) is 16.9. The Hall–Kier alpha value is -1.10. The smallest absolute Gasteiger partial charge is 0.119 e. The van der Waals surface area contributed by atoms with E-state index in [9.17, 15) is 5.11 Å². The maximum absolute atomic E-state index is 10.8. The Kier molecular flexibility index (Phi) is 6.06. The number of benzene rings is 1. The van der Waals surface area contributed by atoms with Crippen molar-refractivity contribution < 1.29 is 14.6 Å². The van der Waals surface area contributed by atoms with E-state index in [1.165, 1.54) is 5.56 Å². The fraction of sp³-hybridized carbons (Fsp3) is 0.684. The van der Waals surface area contributed by atoms with Crippen LogP contribution in [0.25, 0.3) is 0 Å². The third-order valence-electron chi connectivity index (χ3n) is 4.55. The second kappa shape index (κ2) is 7.65. The maximum Gasteiger partial charge on any atom is 0.119 e. The van der Waals surface area contributed by atoms with Crippen LogP contribution in [0.15, 0.2) is 24.3 Å². The molecule has 1 aliphatic heterocycles. The predicted octanol–water partition coefficient (Wildman–Crippen LogP) is 3.27. The number of rotatable bonds is 7. The van der Waals surface area contributed by atoms with Gasteiger partial charge in [0.05, 0.1) is 23.9 Å². The molecule has 1 fully saturated rings. The summed E-state index contributed by atoms with van der Waals surface area (Å²) in [6.45, 7) is 10.2. The van der Waals surface area contributed by atoms with Crippen LogP contribution in [0, 0.1) is 0 Å². The molecule has 1 aromatic carbocycles. The molecular formula is C19H31NO3. The van der Waals surface area contributed by atoms with E-state index < -0.39 is 5.60 Å². The van der Waals surface area contributed by atoms with E-state index in [0.717, 1.165) is 18.7 Å². The molecule has 23 heavy (non-hydrogen) atoms. The fourth-order valence-corrected chi connectivity index (χ4v) is 3.10. The quantitative estimate of drug-likeness (QED) is 0.809. The summed E-state index contributed by atoms with van der Waals surface area (Å²) in [6, 6.07) is 8.12. The summed E-state index contributed by atoms with van der Waals surface area (Å²) in [6.07, 6.45) is 2.49. The average Bonchev–Trinajstić information content (AvgIpc) is 2.48. The van der Waals surface area contributed by atoms with Crippen molar-refractivity contribution in [2.45, 2.75) is 70.8 Å². The molecule has 1 saturated heterocycles. The van der Waals surface area contributed by atoms with E-state index in [0.29, 0.717) is 26.0 Å². The second-order valence-corrected chi connectivity index (χ2v) is 7.22. The van der Waals surface area contributed by atoms with Crippen LogP contribution in [0.4, 0.5) is 0 Å². The van der Waals surface area contributed by atoms with Gasteiger partial charge >= 0.3 is 0 Å². The van der Waals surface area contributed by atoms with Crippen LogP contribution in [-0.4, -0.2) is 35.6 Å². The third kappa shape index (κ3) is 5.48. The van der Waals surface area contributed by atoms with Gasteiger partial charge in [-0.05, 0) is 44.9 Å². The van der Waals surface area contributed by atoms with Gasteiger partial charge in [0.25, 0.3) is 0 Å². The summed E-state index contributed by atoms with van der Waals surface area (Å²) < 4.78 is 11.5. The van der Waals surface area contributed by atoms with Crippen molar-refractivity contribution >= 4 is 0 Å². The van der Waals surface area contributed by atoms with Crippen molar-refractivity contribution in [2.75, 3.05) is 13.2 Å². The molecule has 0 unspecified atom stereocenters. The van der Waals surface area contributed by atoms with Gasteiger partial charge in [-0.1, -0.05) is 19.1 Å². The molecule has 0 aromatic heterocycles. The molecule has 4 heteroatoms. The van der Waals surface area contributed by atoms with Gasteiger partial charge in [-0.25, -0.2) is 0 Å². The molecule has 2 rings (SSSR count). The lowest BCUT2D eigenvalue weighted by molar-refractivity contribution is -0.151. The van der Waals surface area contributed by atoms with Crippen molar-refractivity contribution in [3.63, 3.8) is 0 Å². The van der Waals surface area contributed by atoms with Gasteiger partial charge < -0.3 is 19.9 Å². The zero-order valence-corrected chi connectivity index (χ0v) is 14.9. The van der Waals surface area contributed by atoms with Crippen LogP contribution in [0.5, 0.6) is 5.75 Å². The van der Waals surface area contributed by atoms with Crippen LogP contribution in [0.3, 0.4) is 0 Å². The number of hydrogen-bond donors (Lipinski definition) is 2. The number of ether oxygens (including phenoxy) is 2. The summed E-state index contributed by atoms with van der Waals surface area (Å²) in [7, 11) is 0. The Labute approximate surface area is 140 Å². The molecule has 0 bridgehead atoms. The monoisotopic (exact) mass is 321 g/mol. The van der Waals surface area contributed by atoms with E-state index in [1.807, 2.05) is 26.0 Å². The Morgan fingerprint density at radius 1 is 1.30 bits per heavy atom. The lowest BCUT2D eigenvalue weighted by Gasteiger charge is -2.43. The van der Waals surface area contributed by atoms with Crippen LogP contribution in [0.1, 0.15) is 52.5 Å². The Morgan fingerprint density at radius 2 is 2.00 bits per heavy atom. The molecule has 2 atom stereocenters. The van der Waals surface area contributed by atoms with Crippen LogP contribution in [-0.2, 0) is 11.3 Å². The standard InChI is InChI=1S/C19H31NO3/c1-5-18(4)13-19(21,10-11-22-18)14-20-12-16-6-8-17(9-7-16)23-15(2)3/h6-9,15,20-21H,5,10-14H2,1-4H3/t18-,19-/m1/s1. The lowest BCUT2D eigenvalue weighted by atomic mass is 9.82. The van der Waals surface area contributed by atoms with Crippen molar-refractivity contribution in [1.29, 1.82) is 0 Å². The van der Waals surface area contributed by atoms with Crippen molar-refractivity contribution in [3.05, 3.63) is 29.8 Å². The summed E-state index contributed by atoms with van der Waals surface area (Å²) in [5, 5.41) is 14.2. The summed E-state index contributed by atoms with van der Waals surface area (Å²) in [4.78, 5) is 0. The molecule has 4 nitrogen and oxygen atoms in total. The van der Waals surface area contributed by atoms with Gasteiger partial charge in [-0.2, -0.15) is 0 Å². The minimum absolute atomic E-state index is 0.189. The first kappa shape index (κ1) is 18.2. The molecule has 1 aliphatic rings. The van der Waals surface area contributed by atoms with Gasteiger partial charge in [0, 0.05) is 25.9 Å². The summed E-state index contributed by atoms with van der Waals surface area (Å²) >= 11 is 0. The molecule has 0 saturated carbocycles. The molecule has 0 radical (unpaired) electrons. The van der Waals surface area contributed by atoms with Crippen LogP contribution in [0.2, 0.25) is 0 Å². The highest BCUT2D eigenvalue weighted by atomic mass is 16.5. The number of aliphatic hydroxyl groups is 1. The SMILES string of the molecule is CC[C@]1(C)C[C@@](O)(CNCc2ccc(OC(C)C)cc2)CCO1. The molecule has 0 amide bonds. The number of hydrogen-bond acceptors (Lipinski definition) is 4. The largest absolute Gasteiger partial charge is 0.491 e. The van der Waals surface area contributed by atoms with Gasteiger partial charge in [-0.3, -0.25) is 0 Å². The minimum Gasteiger partial charge on any atom is -0.491 e. The third-order valence-corrected chi connectivity index (χ3v) is 4.55. The first-order chi connectivity index (χ1) is 10.8. The maximum atomic E-state index is 10.8.